The zero-order valence-corrected chi connectivity index (χ0v) is 22.7. The zero-order chi connectivity index (χ0) is 17.6. The van der Waals surface area contributed by atoms with Crippen molar-refractivity contribution in [3.8, 4) is 0 Å². The van der Waals surface area contributed by atoms with E-state index in [9.17, 15) is 0 Å². The number of hydrogen-bond donors (Lipinski definition) is 0. The van der Waals surface area contributed by atoms with E-state index in [1.807, 2.05) is 0 Å². The molecule has 0 rings (SSSR count). The van der Waals surface area contributed by atoms with E-state index in [0.29, 0.717) is 0 Å². The van der Waals surface area contributed by atoms with Crippen molar-refractivity contribution in [3.63, 3.8) is 0 Å². The van der Waals surface area contributed by atoms with Crippen molar-refractivity contribution in [2.24, 2.45) is 0 Å². The van der Waals surface area contributed by atoms with Crippen molar-refractivity contribution in [3.05, 3.63) is 0 Å². The third-order valence-corrected chi connectivity index (χ3v) is 5.46. The van der Waals surface area contributed by atoms with Gasteiger partial charge in [0.2, 0.25) is 0 Å². The van der Waals surface area contributed by atoms with Crippen molar-refractivity contribution in [2.45, 2.75) is 155 Å². The van der Waals surface area contributed by atoms with E-state index in [1.54, 1.807) is 0 Å². The maximum absolute atomic E-state index is 2.30. The molecule has 0 radical (unpaired) electrons. The fourth-order valence-electron chi connectivity index (χ4n) is 3.68. The molecule has 0 nitrogen and oxygen atoms in total. The summed E-state index contributed by atoms with van der Waals surface area (Å²) in [6.45, 7) is 4.60. The quantitative estimate of drug-likeness (QED) is 0.114. The minimum Gasteiger partial charge on any atom is -1.00 e. The molecule has 0 aromatic heterocycles. The van der Waals surface area contributed by atoms with E-state index in [2.05, 4.69) is 13.8 Å². The second-order valence-electron chi connectivity index (χ2n) is 8.07. The molecule has 0 fully saturated rings. The first-order valence-electron chi connectivity index (χ1n) is 11.9. The van der Waals surface area contributed by atoms with Crippen LogP contribution in [0.4, 0.5) is 0 Å². The van der Waals surface area contributed by atoms with E-state index < -0.39 is 0 Å². The monoisotopic (exact) mass is 478 g/mol. The summed E-state index contributed by atoms with van der Waals surface area (Å²) in [6, 6.07) is 0. The van der Waals surface area contributed by atoms with Crippen molar-refractivity contribution in [1.29, 1.82) is 0 Å². The van der Waals surface area contributed by atoms with Gasteiger partial charge in [-0.25, -0.2) is 0 Å². The third kappa shape index (κ3) is 27.9. The Balaban J connectivity index is -0.000000882. The van der Waals surface area contributed by atoms with Gasteiger partial charge in [0, 0.05) is 0 Å². The van der Waals surface area contributed by atoms with Gasteiger partial charge in [0.05, 0.1) is 0 Å². The Morgan fingerprint density at radius 1 is 0.280 bits per heavy atom. The third-order valence-electron chi connectivity index (χ3n) is 5.46. The summed E-state index contributed by atoms with van der Waals surface area (Å²) in [4.78, 5) is 0. The van der Waals surface area contributed by atoms with Crippen LogP contribution in [0.3, 0.4) is 0 Å². The smallest absolute Gasteiger partial charge is 1.00 e. The van der Waals surface area contributed by atoms with E-state index in [4.69, 9.17) is 0 Å². The predicted molar refractivity (Wildman–Crippen MR) is 121 cm³/mol. The minimum atomic E-state index is 0. The first-order valence-corrected chi connectivity index (χ1v) is 11.9. The van der Waals surface area contributed by atoms with Gasteiger partial charge in [-0.3, -0.25) is 0 Å². The average Bonchev–Trinajstić information content (AvgIpc) is 2.60. The summed E-state index contributed by atoms with van der Waals surface area (Å²) < 4.78 is 0. The van der Waals surface area contributed by atoms with Gasteiger partial charge >= 0.3 is 48.9 Å². The summed E-state index contributed by atoms with van der Waals surface area (Å²) >= 11 is 0. The van der Waals surface area contributed by atoms with Crippen LogP contribution in [-0.4, -0.2) is 48.9 Å². The summed E-state index contributed by atoms with van der Waals surface area (Å²) in [7, 11) is 0. The fraction of sp³-hybridized carbons (Fsp3) is 1.00. The summed E-state index contributed by atoms with van der Waals surface area (Å²) in [5, 5.41) is 0. The van der Waals surface area contributed by atoms with Crippen molar-refractivity contribution in [1.82, 2.24) is 0 Å². The van der Waals surface area contributed by atoms with E-state index in [0.717, 1.165) is 0 Å². The zero-order valence-electron chi connectivity index (χ0n) is 20.3. The van der Waals surface area contributed by atoms with Gasteiger partial charge in [0.1, 0.15) is 0 Å². The van der Waals surface area contributed by atoms with Gasteiger partial charge in [-0.2, -0.15) is 0 Å². The molecule has 150 valence electrons. The molecule has 0 N–H and O–H groups in total. The van der Waals surface area contributed by atoms with E-state index >= 15 is 0 Å². The first kappa shape index (κ1) is 28.8. The Morgan fingerprint density at radius 3 is 0.520 bits per heavy atom. The normalized spacial score (nSPS) is 10.8. The molecule has 0 bridgehead atoms. The van der Waals surface area contributed by atoms with Crippen LogP contribution in [0.15, 0.2) is 0 Å². The largest absolute Gasteiger partial charge is 2.00 e. The Bertz CT molecular complexity index is 191. The Hall–Kier alpha value is 1.57. The van der Waals surface area contributed by atoms with Crippen LogP contribution < -0.4 is 0 Å². The molecule has 0 aliphatic carbocycles. The van der Waals surface area contributed by atoms with Crippen LogP contribution in [0.25, 0.3) is 0 Å². The van der Waals surface area contributed by atoms with E-state index in [-0.39, 0.29) is 51.7 Å². The van der Waals surface area contributed by atoms with Gasteiger partial charge in [-0.1, -0.05) is 155 Å². The Kier molecular flexibility index (Phi) is 32.0. The number of hydrogen-bond acceptors (Lipinski definition) is 0. The maximum atomic E-state index is 2.30. The summed E-state index contributed by atoms with van der Waals surface area (Å²) in [6.07, 6.45) is 32.4. The van der Waals surface area contributed by atoms with Crippen molar-refractivity contribution < 1.29 is 2.85 Å². The Morgan fingerprint density at radius 2 is 0.400 bits per heavy atom. The molecule has 0 unspecified atom stereocenters. The van der Waals surface area contributed by atoms with E-state index in [1.165, 1.54) is 141 Å². The molecule has 0 amide bonds. The standard InChI is InChI=1S/C24H50.Ba.2H/c1-3-5-7-9-11-13-15-17-19-21-23-24-22-20-18-16-14-12-10-8-6-4-2;;;/h3-24H2,1-2H3;;;/q;+2;2*-1. The summed E-state index contributed by atoms with van der Waals surface area (Å²) in [5.41, 5.74) is 0. The Labute approximate surface area is 205 Å². The van der Waals surface area contributed by atoms with Gasteiger partial charge in [-0.05, 0) is 0 Å². The molecule has 0 heterocycles. The molecule has 0 saturated carbocycles. The molecule has 25 heavy (non-hydrogen) atoms. The van der Waals surface area contributed by atoms with Crippen molar-refractivity contribution in [2.75, 3.05) is 0 Å². The van der Waals surface area contributed by atoms with Crippen LogP contribution in [0, 0.1) is 0 Å². The topological polar surface area (TPSA) is 0 Å². The summed E-state index contributed by atoms with van der Waals surface area (Å²) in [5.74, 6) is 0. The molecular formula is C24H52Ba. The second kappa shape index (κ2) is 27.8. The fourth-order valence-corrected chi connectivity index (χ4v) is 3.68. The second-order valence-corrected chi connectivity index (χ2v) is 8.07. The van der Waals surface area contributed by atoms with Crippen LogP contribution in [0.5, 0.6) is 0 Å². The number of rotatable bonds is 21. The molecule has 0 spiro atoms. The molecule has 0 atom stereocenters. The average molecular weight is 478 g/mol. The van der Waals surface area contributed by atoms with Crippen LogP contribution in [0.1, 0.15) is 158 Å². The molecule has 0 aromatic rings. The van der Waals surface area contributed by atoms with Gasteiger partial charge in [0.25, 0.3) is 0 Å². The van der Waals surface area contributed by atoms with Crippen LogP contribution in [0.2, 0.25) is 0 Å². The van der Waals surface area contributed by atoms with Crippen LogP contribution in [-0.2, 0) is 0 Å². The molecule has 0 aliphatic rings. The molecule has 0 aromatic carbocycles. The van der Waals surface area contributed by atoms with Gasteiger partial charge < -0.3 is 2.85 Å². The van der Waals surface area contributed by atoms with Crippen molar-refractivity contribution >= 4 is 48.9 Å². The molecule has 0 aliphatic heterocycles. The predicted octanol–water partition coefficient (Wildman–Crippen LogP) is 9.45. The minimum absolute atomic E-state index is 0. The number of unbranched alkanes of at least 4 members (excludes halogenated alkanes) is 21. The SMILES string of the molecule is CCCCCCCCCCCCCCCCCCCCCCCC.[Ba+2].[H-].[H-]. The van der Waals surface area contributed by atoms with Crippen LogP contribution >= 0.6 is 0 Å². The first-order chi connectivity index (χ1) is 11.9. The molecular weight excluding hydrogens is 426 g/mol. The molecule has 0 saturated heterocycles. The van der Waals surface area contributed by atoms with Gasteiger partial charge in [0.15, 0.2) is 0 Å². The van der Waals surface area contributed by atoms with Gasteiger partial charge in [-0.15, -0.1) is 0 Å². The maximum Gasteiger partial charge on any atom is 2.00 e. The molecule has 1 heteroatoms.